The predicted octanol–water partition coefficient (Wildman–Crippen LogP) is 1.27. The number of carbonyl (C=O) groups is 2. The minimum absolute atomic E-state index is 0.0557. The van der Waals surface area contributed by atoms with E-state index >= 15 is 0 Å². The molecule has 5 nitrogen and oxygen atoms in total. The monoisotopic (exact) mass is 275 g/mol. The number of likely N-dealkylation sites (N-methyl/N-ethyl adjacent to an activating group) is 1. The third kappa shape index (κ3) is 5.56. The highest BCUT2D eigenvalue weighted by Gasteiger charge is 2.09. The van der Waals surface area contributed by atoms with Crippen LogP contribution in [0.15, 0.2) is 30.3 Å². The maximum Gasteiger partial charge on any atom is 0.246 e. The summed E-state index contributed by atoms with van der Waals surface area (Å²) in [5.74, 6) is -0.376. The Morgan fingerprint density at radius 1 is 1.40 bits per heavy atom. The first-order valence-electron chi connectivity index (χ1n) is 6.58. The standard InChI is InChI=1S/C15H21N3O2/c1-3-9-17-14(19)11-18(2)15(20)8-7-12-5-4-6-13(16)10-12/h4-8,10H,3,9,11,16H2,1-2H3,(H,17,19)/b8-7+. The second-order valence-corrected chi connectivity index (χ2v) is 4.55. The lowest BCUT2D eigenvalue weighted by Gasteiger charge is -2.14. The van der Waals surface area contributed by atoms with E-state index < -0.39 is 0 Å². The lowest BCUT2D eigenvalue weighted by molar-refractivity contribution is -0.131. The highest BCUT2D eigenvalue weighted by atomic mass is 16.2. The fourth-order valence-electron chi connectivity index (χ4n) is 1.57. The number of nitrogen functional groups attached to an aromatic ring is 1. The molecule has 0 aliphatic carbocycles. The Morgan fingerprint density at radius 2 is 2.15 bits per heavy atom. The smallest absolute Gasteiger partial charge is 0.246 e. The van der Waals surface area contributed by atoms with E-state index in [4.69, 9.17) is 5.73 Å². The molecule has 1 aromatic rings. The van der Waals surface area contributed by atoms with Crippen LogP contribution in [0.1, 0.15) is 18.9 Å². The number of benzene rings is 1. The van der Waals surface area contributed by atoms with Gasteiger partial charge in [0.25, 0.3) is 0 Å². The molecule has 1 aromatic carbocycles. The lowest BCUT2D eigenvalue weighted by Crippen LogP contribution is -2.37. The molecule has 0 aliphatic rings. The molecule has 0 atom stereocenters. The summed E-state index contributed by atoms with van der Waals surface area (Å²) in [6.07, 6.45) is 3.99. The van der Waals surface area contributed by atoms with Crippen molar-refractivity contribution in [3.63, 3.8) is 0 Å². The molecule has 0 saturated carbocycles. The molecule has 0 aromatic heterocycles. The Kier molecular flexibility index (Phi) is 6.29. The molecule has 0 fully saturated rings. The van der Waals surface area contributed by atoms with Crippen LogP contribution in [0.25, 0.3) is 6.08 Å². The van der Waals surface area contributed by atoms with Crippen LogP contribution in [0.3, 0.4) is 0 Å². The number of rotatable bonds is 6. The molecule has 108 valence electrons. The summed E-state index contributed by atoms with van der Waals surface area (Å²) in [6.45, 7) is 2.66. The highest BCUT2D eigenvalue weighted by Crippen LogP contribution is 2.08. The number of hydrogen-bond donors (Lipinski definition) is 2. The van der Waals surface area contributed by atoms with Gasteiger partial charge in [-0.2, -0.15) is 0 Å². The molecule has 2 amide bonds. The van der Waals surface area contributed by atoms with Crippen molar-refractivity contribution in [3.8, 4) is 0 Å². The number of hydrogen-bond acceptors (Lipinski definition) is 3. The van der Waals surface area contributed by atoms with Crippen molar-refractivity contribution in [2.24, 2.45) is 0 Å². The fraction of sp³-hybridized carbons (Fsp3) is 0.333. The van der Waals surface area contributed by atoms with E-state index in [2.05, 4.69) is 5.32 Å². The van der Waals surface area contributed by atoms with Crippen molar-refractivity contribution < 1.29 is 9.59 Å². The number of anilines is 1. The Balaban J connectivity index is 2.51. The summed E-state index contributed by atoms with van der Waals surface area (Å²) < 4.78 is 0. The van der Waals surface area contributed by atoms with E-state index in [0.717, 1.165) is 12.0 Å². The molecule has 1 rings (SSSR count). The van der Waals surface area contributed by atoms with Crippen LogP contribution in [-0.4, -0.2) is 36.9 Å². The molecule has 0 unspecified atom stereocenters. The van der Waals surface area contributed by atoms with Gasteiger partial charge >= 0.3 is 0 Å². The summed E-state index contributed by atoms with van der Waals surface area (Å²) in [5, 5.41) is 2.73. The van der Waals surface area contributed by atoms with Gasteiger partial charge in [0, 0.05) is 25.4 Å². The van der Waals surface area contributed by atoms with E-state index in [1.807, 2.05) is 19.1 Å². The third-order valence-corrected chi connectivity index (χ3v) is 2.66. The largest absolute Gasteiger partial charge is 0.399 e. The Labute approximate surface area is 119 Å². The third-order valence-electron chi connectivity index (χ3n) is 2.66. The molecule has 5 heteroatoms. The van der Waals surface area contributed by atoms with Crippen molar-refractivity contribution in [1.82, 2.24) is 10.2 Å². The molecule has 0 bridgehead atoms. The van der Waals surface area contributed by atoms with Gasteiger partial charge in [0.1, 0.15) is 0 Å². The molecule has 20 heavy (non-hydrogen) atoms. The van der Waals surface area contributed by atoms with Crippen LogP contribution in [0.2, 0.25) is 0 Å². The summed E-state index contributed by atoms with van der Waals surface area (Å²) in [7, 11) is 1.59. The first kappa shape index (κ1) is 15.8. The van der Waals surface area contributed by atoms with E-state index in [9.17, 15) is 9.59 Å². The van der Waals surface area contributed by atoms with E-state index in [1.165, 1.54) is 11.0 Å². The van der Waals surface area contributed by atoms with Crippen LogP contribution in [0.4, 0.5) is 5.69 Å². The van der Waals surface area contributed by atoms with Crippen molar-refractivity contribution in [1.29, 1.82) is 0 Å². The van der Waals surface area contributed by atoms with Gasteiger partial charge in [0.2, 0.25) is 11.8 Å². The second kappa shape index (κ2) is 7.99. The topological polar surface area (TPSA) is 75.4 Å². The molecule has 0 spiro atoms. The minimum Gasteiger partial charge on any atom is -0.399 e. The molecule has 0 aliphatic heterocycles. The molecule has 0 saturated heterocycles. The zero-order valence-electron chi connectivity index (χ0n) is 11.9. The number of carbonyl (C=O) groups excluding carboxylic acids is 2. The SMILES string of the molecule is CCCNC(=O)CN(C)C(=O)/C=C/c1cccc(N)c1. The van der Waals surface area contributed by atoms with Gasteiger partial charge in [-0.1, -0.05) is 19.1 Å². The van der Waals surface area contributed by atoms with Gasteiger partial charge in [-0.25, -0.2) is 0 Å². The predicted molar refractivity (Wildman–Crippen MR) is 80.8 cm³/mol. The van der Waals surface area contributed by atoms with E-state index in [0.29, 0.717) is 12.2 Å². The summed E-state index contributed by atoms with van der Waals surface area (Å²) >= 11 is 0. The normalized spacial score (nSPS) is 10.5. The summed E-state index contributed by atoms with van der Waals surface area (Å²) in [5.41, 5.74) is 7.15. The Bertz CT molecular complexity index is 498. The quantitative estimate of drug-likeness (QED) is 0.606. The molecule has 0 radical (unpaired) electrons. The minimum atomic E-state index is -0.223. The van der Waals surface area contributed by atoms with Gasteiger partial charge in [-0.3, -0.25) is 9.59 Å². The van der Waals surface area contributed by atoms with Crippen molar-refractivity contribution >= 4 is 23.6 Å². The average Bonchev–Trinajstić information content (AvgIpc) is 2.42. The van der Waals surface area contributed by atoms with Crippen LogP contribution >= 0.6 is 0 Å². The zero-order chi connectivity index (χ0) is 15.0. The van der Waals surface area contributed by atoms with Crippen molar-refractivity contribution in [2.45, 2.75) is 13.3 Å². The summed E-state index contributed by atoms with van der Waals surface area (Å²) in [6, 6.07) is 7.23. The van der Waals surface area contributed by atoms with Crippen LogP contribution < -0.4 is 11.1 Å². The van der Waals surface area contributed by atoms with E-state index in [-0.39, 0.29) is 18.4 Å². The van der Waals surface area contributed by atoms with Crippen LogP contribution in [-0.2, 0) is 9.59 Å². The molecular weight excluding hydrogens is 254 g/mol. The number of nitrogens with two attached hydrogens (primary N) is 1. The average molecular weight is 275 g/mol. The second-order valence-electron chi connectivity index (χ2n) is 4.55. The molecule has 3 N–H and O–H groups in total. The number of amides is 2. The Morgan fingerprint density at radius 3 is 2.80 bits per heavy atom. The molecule has 0 heterocycles. The van der Waals surface area contributed by atoms with Gasteiger partial charge < -0.3 is 16.0 Å². The van der Waals surface area contributed by atoms with Crippen molar-refractivity contribution in [3.05, 3.63) is 35.9 Å². The lowest BCUT2D eigenvalue weighted by atomic mass is 10.2. The zero-order valence-corrected chi connectivity index (χ0v) is 11.9. The Hall–Kier alpha value is -2.30. The highest BCUT2D eigenvalue weighted by molar-refractivity contribution is 5.94. The van der Waals surface area contributed by atoms with Crippen molar-refractivity contribution in [2.75, 3.05) is 25.9 Å². The first-order valence-corrected chi connectivity index (χ1v) is 6.58. The van der Waals surface area contributed by atoms with Gasteiger partial charge in [0.05, 0.1) is 6.54 Å². The maximum atomic E-state index is 11.8. The number of nitrogens with zero attached hydrogens (tertiary/aromatic N) is 1. The van der Waals surface area contributed by atoms with Crippen LogP contribution in [0, 0.1) is 0 Å². The summed E-state index contributed by atoms with van der Waals surface area (Å²) in [4.78, 5) is 24.7. The maximum absolute atomic E-state index is 11.8. The number of nitrogens with one attached hydrogen (secondary N) is 1. The van der Waals surface area contributed by atoms with Gasteiger partial charge in [-0.15, -0.1) is 0 Å². The van der Waals surface area contributed by atoms with Gasteiger partial charge in [0.15, 0.2) is 0 Å². The van der Waals surface area contributed by atoms with E-state index in [1.54, 1.807) is 25.3 Å². The van der Waals surface area contributed by atoms with Crippen LogP contribution in [0.5, 0.6) is 0 Å². The molecular formula is C15H21N3O2. The first-order chi connectivity index (χ1) is 9.52. The van der Waals surface area contributed by atoms with Gasteiger partial charge in [-0.05, 0) is 30.2 Å². The fourth-order valence-corrected chi connectivity index (χ4v) is 1.57.